The van der Waals surface area contributed by atoms with E-state index in [9.17, 15) is 0 Å². The van der Waals surface area contributed by atoms with Crippen molar-refractivity contribution >= 4 is 16.9 Å². The Labute approximate surface area is 162 Å². The van der Waals surface area contributed by atoms with Gasteiger partial charge in [0.25, 0.3) is 0 Å². The van der Waals surface area contributed by atoms with Gasteiger partial charge >= 0.3 is 0 Å². The Morgan fingerprint density at radius 2 is 1.93 bits per heavy atom. The zero-order valence-electron chi connectivity index (χ0n) is 15.3. The topological polar surface area (TPSA) is 82.7 Å². The van der Waals surface area contributed by atoms with E-state index in [1.54, 1.807) is 18.8 Å². The lowest BCUT2D eigenvalue weighted by Gasteiger charge is -2.07. The summed E-state index contributed by atoms with van der Waals surface area (Å²) in [7, 11) is 3.57. The number of hydrogen-bond acceptors (Lipinski definition) is 6. The van der Waals surface area contributed by atoms with Crippen LogP contribution in [-0.2, 0) is 12.4 Å². The fourth-order valence-electron chi connectivity index (χ4n) is 2.56. The summed E-state index contributed by atoms with van der Waals surface area (Å²) in [5.41, 5.74) is 10.6. The summed E-state index contributed by atoms with van der Waals surface area (Å²) in [6.45, 7) is 0.0312. The quantitative estimate of drug-likeness (QED) is 0.344. The molecule has 0 fully saturated rings. The number of nitrogens with zero attached hydrogens (tertiary/aromatic N) is 2. The number of hydrogen-bond donors (Lipinski definition) is 3. The van der Waals surface area contributed by atoms with Crippen LogP contribution in [0.15, 0.2) is 64.1 Å². The van der Waals surface area contributed by atoms with Gasteiger partial charge in [-0.05, 0) is 17.2 Å². The Bertz CT molecular complexity index is 906. The Morgan fingerprint density at radius 3 is 2.63 bits per heavy atom. The zero-order valence-corrected chi connectivity index (χ0v) is 16.1. The van der Waals surface area contributed by atoms with Crippen molar-refractivity contribution in [3.63, 3.8) is 0 Å². The highest BCUT2D eigenvalue weighted by atomic mass is 32.2. The SMILES string of the molecule is CN=C(NNC)SCc1cccc(-c2cc(-c3ccc(CO)cc3)no2)c1. The number of rotatable bonds is 6. The Hall–Kier alpha value is -2.61. The summed E-state index contributed by atoms with van der Waals surface area (Å²) in [6, 6.07) is 17.8. The smallest absolute Gasteiger partial charge is 0.171 e. The van der Waals surface area contributed by atoms with Crippen LogP contribution < -0.4 is 10.9 Å². The second-order valence-electron chi connectivity index (χ2n) is 5.82. The number of amidine groups is 1. The molecule has 140 valence electrons. The molecule has 27 heavy (non-hydrogen) atoms. The van der Waals surface area contributed by atoms with E-state index in [4.69, 9.17) is 9.63 Å². The van der Waals surface area contributed by atoms with E-state index in [0.29, 0.717) is 0 Å². The van der Waals surface area contributed by atoms with E-state index in [2.05, 4.69) is 33.1 Å². The van der Waals surface area contributed by atoms with E-state index in [0.717, 1.165) is 39.1 Å². The minimum absolute atomic E-state index is 0.0312. The van der Waals surface area contributed by atoms with Gasteiger partial charge in [0.2, 0.25) is 0 Å². The summed E-state index contributed by atoms with van der Waals surface area (Å²) >= 11 is 1.62. The Balaban J connectivity index is 1.74. The summed E-state index contributed by atoms with van der Waals surface area (Å²) in [5.74, 6) is 1.51. The molecule has 2 aromatic carbocycles. The molecule has 1 aromatic heterocycles. The van der Waals surface area contributed by atoms with Gasteiger partial charge in [-0.3, -0.25) is 4.99 Å². The van der Waals surface area contributed by atoms with Crippen LogP contribution in [0.4, 0.5) is 0 Å². The van der Waals surface area contributed by atoms with Crippen LogP contribution >= 0.6 is 11.8 Å². The second kappa shape index (κ2) is 9.36. The van der Waals surface area contributed by atoms with E-state index in [1.807, 2.05) is 49.5 Å². The van der Waals surface area contributed by atoms with Gasteiger partial charge in [-0.2, -0.15) is 0 Å². The maximum Gasteiger partial charge on any atom is 0.171 e. The maximum atomic E-state index is 9.15. The molecule has 0 aliphatic heterocycles. The number of hydrazine groups is 1. The van der Waals surface area contributed by atoms with Gasteiger partial charge in [0.15, 0.2) is 10.9 Å². The monoisotopic (exact) mass is 382 g/mol. The van der Waals surface area contributed by atoms with Crippen LogP contribution in [0.1, 0.15) is 11.1 Å². The summed E-state index contributed by atoms with van der Waals surface area (Å²) in [6.07, 6.45) is 0. The first kappa shape index (κ1) is 19.2. The number of thioether (sulfide) groups is 1. The normalized spacial score (nSPS) is 11.6. The first-order chi connectivity index (χ1) is 13.2. The predicted molar refractivity (Wildman–Crippen MR) is 110 cm³/mol. The molecule has 0 aliphatic carbocycles. The lowest BCUT2D eigenvalue weighted by Crippen LogP contribution is -2.32. The third-order valence-corrected chi connectivity index (χ3v) is 5.00. The number of nitrogens with one attached hydrogen (secondary N) is 2. The van der Waals surface area contributed by atoms with Gasteiger partial charge in [0.1, 0.15) is 5.69 Å². The molecule has 0 radical (unpaired) electrons. The number of benzene rings is 2. The number of aliphatic hydroxyl groups is 1. The van der Waals surface area contributed by atoms with Gasteiger partial charge in [0, 0.05) is 37.0 Å². The largest absolute Gasteiger partial charge is 0.392 e. The van der Waals surface area contributed by atoms with Crippen molar-refractivity contribution in [2.75, 3.05) is 14.1 Å². The fourth-order valence-corrected chi connectivity index (χ4v) is 3.34. The highest BCUT2D eigenvalue weighted by Crippen LogP contribution is 2.27. The van der Waals surface area contributed by atoms with Gasteiger partial charge in [-0.25, -0.2) is 5.43 Å². The molecule has 0 amide bonds. The van der Waals surface area contributed by atoms with Gasteiger partial charge < -0.3 is 15.1 Å². The minimum atomic E-state index is 0.0312. The van der Waals surface area contributed by atoms with Gasteiger partial charge in [-0.15, -0.1) is 0 Å². The molecule has 0 spiro atoms. The predicted octanol–water partition coefficient (Wildman–Crippen LogP) is 3.44. The molecule has 0 bridgehead atoms. The molecular formula is C20H22N4O2S. The Kier molecular flexibility index (Phi) is 6.64. The van der Waals surface area contributed by atoms with E-state index < -0.39 is 0 Å². The van der Waals surface area contributed by atoms with Crippen LogP contribution in [0.2, 0.25) is 0 Å². The standard InChI is InChI=1S/C20H22N4O2S/c1-21-20(23-22-2)27-13-15-4-3-5-17(10-15)19-11-18(24-26-19)16-8-6-14(12-25)7-9-16/h3-11,22,25H,12-13H2,1-2H3,(H,21,23). The van der Waals surface area contributed by atoms with Crippen LogP contribution in [0, 0.1) is 0 Å². The molecular weight excluding hydrogens is 360 g/mol. The number of aliphatic imine (C=N–C) groups is 1. The highest BCUT2D eigenvalue weighted by Gasteiger charge is 2.10. The second-order valence-corrected chi connectivity index (χ2v) is 6.79. The number of aromatic nitrogens is 1. The van der Waals surface area contributed by atoms with Crippen LogP contribution in [-0.4, -0.2) is 29.5 Å². The molecule has 0 aliphatic rings. The molecule has 0 saturated carbocycles. The van der Waals surface area contributed by atoms with Crippen molar-refractivity contribution in [1.29, 1.82) is 0 Å². The molecule has 3 rings (SSSR count). The third kappa shape index (κ3) is 4.97. The average Bonchev–Trinajstić information content (AvgIpc) is 3.22. The maximum absolute atomic E-state index is 9.15. The molecule has 0 atom stereocenters. The van der Waals surface area contributed by atoms with Crippen LogP contribution in [0.25, 0.3) is 22.6 Å². The molecule has 3 N–H and O–H groups in total. The molecule has 0 saturated heterocycles. The van der Waals surface area contributed by atoms with Gasteiger partial charge in [-0.1, -0.05) is 59.4 Å². The first-order valence-corrected chi connectivity index (χ1v) is 9.50. The molecule has 0 unspecified atom stereocenters. The van der Waals surface area contributed by atoms with Crippen molar-refractivity contribution in [3.8, 4) is 22.6 Å². The number of aliphatic hydroxyl groups excluding tert-OH is 1. The third-order valence-electron chi connectivity index (χ3n) is 3.96. The summed E-state index contributed by atoms with van der Waals surface area (Å²) in [5, 5.41) is 14.2. The average molecular weight is 382 g/mol. The highest BCUT2D eigenvalue weighted by molar-refractivity contribution is 8.13. The van der Waals surface area contributed by atoms with Crippen molar-refractivity contribution in [2.45, 2.75) is 12.4 Å². The van der Waals surface area contributed by atoms with E-state index >= 15 is 0 Å². The van der Waals surface area contributed by atoms with E-state index in [-0.39, 0.29) is 6.61 Å². The zero-order chi connectivity index (χ0) is 19.1. The van der Waals surface area contributed by atoms with Crippen molar-refractivity contribution in [3.05, 3.63) is 65.7 Å². The lowest BCUT2D eigenvalue weighted by molar-refractivity contribution is 0.282. The molecule has 6 nitrogen and oxygen atoms in total. The lowest BCUT2D eigenvalue weighted by atomic mass is 10.1. The first-order valence-electron chi connectivity index (χ1n) is 8.52. The minimum Gasteiger partial charge on any atom is -0.392 e. The van der Waals surface area contributed by atoms with E-state index in [1.165, 1.54) is 5.56 Å². The van der Waals surface area contributed by atoms with Crippen LogP contribution in [0.3, 0.4) is 0 Å². The van der Waals surface area contributed by atoms with Crippen molar-refractivity contribution < 1.29 is 9.63 Å². The van der Waals surface area contributed by atoms with Gasteiger partial charge in [0.05, 0.1) is 6.61 Å². The van der Waals surface area contributed by atoms with Crippen molar-refractivity contribution in [1.82, 2.24) is 16.0 Å². The van der Waals surface area contributed by atoms with Crippen LogP contribution in [0.5, 0.6) is 0 Å². The fraction of sp³-hybridized carbons (Fsp3) is 0.200. The van der Waals surface area contributed by atoms with Crippen molar-refractivity contribution in [2.24, 2.45) is 4.99 Å². The molecule has 1 heterocycles. The molecule has 3 aromatic rings. The Morgan fingerprint density at radius 1 is 1.11 bits per heavy atom. The summed E-state index contributed by atoms with van der Waals surface area (Å²) < 4.78 is 5.55. The molecule has 7 heteroatoms. The summed E-state index contributed by atoms with van der Waals surface area (Å²) in [4.78, 5) is 4.18.